The number of hydrogen-bond acceptors (Lipinski definition) is 5. The zero-order valence-corrected chi connectivity index (χ0v) is 11.1. The molecule has 6 nitrogen and oxygen atoms in total. The molecular weight excluding hydrogens is 250 g/mol. The second-order valence-corrected chi connectivity index (χ2v) is 5.89. The van der Waals surface area contributed by atoms with Gasteiger partial charge in [-0.1, -0.05) is 6.42 Å². The molecule has 2 N–H and O–H groups in total. The number of amides is 1. The second kappa shape index (κ2) is 5.01. The van der Waals surface area contributed by atoms with Gasteiger partial charge < -0.3 is 5.73 Å². The zero-order valence-electron chi connectivity index (χ0n) is 11.1. The Kier molecular flexibility index (Phi) is 3.51. The Balaban J connectivity index is 1.56. The van der Waals surface area contributed by atoms with E-state index >= 15 is 0 Å². The van der Waals surface area contributed by atoms with Crippen LogP contribution < -0.4 is 5.73 Å². The van der Waals surface area contributed by atoms with Gasteiger partial charge in [0.05, 0.1) is 0 Å². The van der Waals surface area contributed by atoms with Crippen molar-refractivity contribution in [2.45, 2.75) is 69.4 Å². The average molecular weight is 271 g/mol. The summed E-state index contributed by atoms with van der Waals surface area (Å²) in [7, 11) is 0. The van der Waals surface area contributed by atoms with Crippen LogP contribution in [0.25, 0.3) is 0 Å². The standard InChI is InChI=1S/C13H21NO5/c14-11(15)10-4-8-13(9-5-10)18-16-12(17-19-13)6-2-1-3-7-12/h10H,1-9H2,(H2,14,15). The van der Waals surface area contributed by atoms with Crippen molar-refractivity contribution in [1.82, 2.24) is 0 Å². The van der Waals surface area contributed by atoms with Crippen LogP contribution in [0.4, 0.5) is 0 Å². The van der Waals surface area contributed by atoms with Crippen LogP contribution in [0, 0.1) is 5.92 Å². The zero-order chi connectivity index (χ0) is 13.3. The number of nitrogens with two attached hydrogens (primary N) is 1. The van der Waals surface area contributed by atoms with Gasteiger partial charge in [0.15, 0.2) is 0 Å². The Bertz CT molecular complexity index is 333. The summed E-state index contributed by atoms with van der Waals surface area (Å²) >= 11 is 0. The molecule has 6 heteroatoms. The highest BCUT2D eigenvalue weighted by atomic mass is 17.4. The molecule has 0 radical (unpaired) electrons. The minimum absolute atomic E-state index is 0.0941. The van der Waals surface area contributed by atoms with E-state index in [2.05, 4.69) is 0 Å². The molecule has 0 unspecified atom stereocenters. The largest absolute Gasteiger partial charge is 0.369 e. The summed E-state index contributed by atoms with van der Waals surface area (Å²) in [5, 5.41) is 0. The molecule has 3 aliphatic rings. The molecule has 1 heterocycles. The fourth-order valence-electron chi connectivity index (χ4n) is 3.10. The first-order valence-corrected chi connectivity index (χ1v) is 7.16. The SMILES string of the molecule is NC(=O)C1CCC2(CC1)OOC1(CCCCC1)OO2. The second-order valence-electron chi connectivity index (χ2n) is 5.89. The Labute approximate surface area is 112 Å². The molecule has 2 spiro atoms. The van der Waals surface area contributed by atoms with E-state index in [0.717, 1.165) is 25.7 Å². The normalized spacial score (nSPS) is 30.5. The summed E-state index contributed by atoms with van der Waals surface area (Å²) in [6.45, 7) is 0. The molecular formula is C13H21NO5. The third-order valence-electron chi connectivity index (χ3n) is 4.46. The van der Waals surface area contributed by atoms with E-state index in [0.29, 0.717) is 25.7 Å². The van der Waals surface area contributed by atoms with Crippen LogP contribution in [0.2, 0.25) is 0 Å². The van der Waals surface area contributed by atoms with Gasteiger partial charge in [0.1, 0.15) is 0 Å². The Morgan fingerprint density at radius 1 is 0.842 bits per heavy atom. The molecule has 0 aromatic carbocycles. The molecule has 1 saturated heterocycles. The van der Waals surface area contributed by atoms with Crippen LogP contribution in [-0.2, 0) is 24.3 Å². The number of primary amides is 1. The monoisotopic (exact) mass is 271 g/mol. The summed E-state index contributed by atoms with van der Waals surface area (Å²) in [5.41, 5.74) is 5.31. The first-order valence-electron chi connectivity index (χ1n) is 7.16. The molecule has 1 aliphatic heterocycles. The third kappa shape index (κ3) is 2.63. The molecule has 0 aromatic heterocycles. The maximum absolute atomic E-state index is 11.1. The number of carbonyl (C=O) groups is 1. The van der Waals surface area contributed by atoms with Gasteiger partial charge in [-0.15, -0.1) is 0 Å². The molecule has 3 fully saturated rings. The van der Waals surface area contributed by atoms with E-state index in [1.54, 1.807) is 0 Å². The van der Waals surface area contributed by atoms with E-state index in [-0.39, 0.29) is 11.8 Å². The summed E-state index contributed by atoms with van der Waals surface area (Å²) in [5.74, 6) is -1.92. The Hall–Kier alpha value is -0.690. The molecule has 19 heavy (non-hydrogen) atoms. The highest BCUT2D eigenvalue weighted by molar-refractivity contribution is 5.76. The van der Waals surface area contributed by atoms with Gasteiger partial charge in [-0.05, 0) is 25.7 Å². The highest BCUT2D eigenvalue weighted by Gasteiger charge is 2.51. The van der Waals surface area contributed by atoms with E-state index in [9.17, 15) is 4.79 Å². The molecule has 2 aliphatic carbocycles. The van der Waals surface area contributed by atoms with Crippen LogP contribution in [0.15, 0.2) is 0 Å². The van der Waals surface area contributed by atoms with Gasteiger partial charge in [-0.3, -0.25) is 4.79 Å². The van der Waals surface area contributed by atoms with Crippen LogP contribution >= 0.6 is 0 Å². The molecule has 0 bridgehead atoms. The average Bonchev–Trinajstić information content (AvgIpc) is 2.44. The van der Waals surface area contributed by atoms with Crippen molar-refractivity contribution in [2.24, 2.45) is 11.7 Å². The van der Waals surface area contributed by atoms with Gasteiger partial charge in [0, 0.05) is 31.6 Å². The van der Waals surface area contributed by atoms with Crippen molar-refractivity contribution < 1.29 is 24.3 Å². The van der Waals surface area contributed by atoms with Gasteiger partial charge in [-0.25, -0.2) is 0 Å². The lowest BCUT2D eigenvalue weighted by Crippen LogP contribution is -2.53. The molecule has 0 atom stereocenters. The van der Waals surface area contributed by atoms with Crippen molar-refractivity contribution in [3.63, 3.8) is 0 Å². The first-order chi connectivity index (χ1) is 9.13. The Morgan fingerprint density at radius 3 is 1.79 bits per heavy atom. The summed E-state index contributed by atoms with van der Waals surface area (Å²) in [6.07, 6.45) is 7.34. The topological polar surface area (TPSA) is 80.0 Å². The summed E-state index contributed by atoms with van der Waals surface area (Å²) in [6, 6.07) is 0. The van der Waals surface area contributed by atoms with Crippen molar-refractivity contribution in [1.29, 1.82) is 0 Å². The summed E-state index contributed by atoms with van der Waals surface area (Å²) in [4.78, 5) is 33.3. The van der Waals surface area contributed by atoms with E-state index < -0.39 is 11.6 Å². The van der Waals surface area contributed by atoms with E-state index in [1.165, 1.54) is 6.42 Å². The van der Waals surface area contributed by atoms with Crippen LogP contribution in [0.5, 0.6) is 0 Å². The maximum atomic E-state index is 11.1. The van der Waals surface area contributed by atoms with Gasteiger partial charge in [0.25, 0.3) is 0 Å². The lowest BCUT2D eigenvalue weighted by Gasteiger charge is -2.46. The minimum atomic E-state index is -0.853. The maximum Gasteiger partial charge on any atom is 0.234 e. The fourth-order valence-corrected chi connectivity index (χ4v) is 3.10. The van der Waals surface area contributed by atoms with E-state index in [4.69, 9.17) is 25.3 Å². The fraction of sp³-hybridized carbons (Fsp3) is 0.923. The summed E-state index contributed by atoms with van der Waals surface area (Å²) < 4.78 is 0. The van der Waals surface area contributed by atoms with Crippen molar-refractivity contribution in [3.05, 3.63) is 0 Å². The Morgan fingerprint density at radius 2 is 1.32 bits per heavy atom. The molecule has 1 amide bonds. The quantitative estimate of drug-likeness (QED) is 0.737. The third-order valence-corrected chi connectivity index (χ3v) is 4.46. The lowest BCUT2D eigenvalue weighted by atomic mass is 9.85. The van der Waals surface area contributed by atoms with Gasteiger partial charge in [0.2, 0.25) is 17.5 Å². The molecule has 108 valence electrons. The smallest absolute Gasteiger partial charge is 0.234 e. The number of rotatable bonds is 1. The van der Waals surface area contributed by atoms with Crippen LogP contribution in [-0.4, -0.2) is 17.5 Å². The van der Waals surface area contributed by atoms with Crippen molar-refractivity contribution >= 4 is 5.91 Å². The minimum Gasteiger partial charge on any atom is -0.369 e. The predicted molar refractivity (Wildman–Crippen MR) is 64.0 cm³/mol. The number of carbonyl (C=O) groups excluding carboxylic acids is 1. The van der Waals surface area contributed by atoms with Gasteiger partial charge >= 0.3 is 0 Å². The number of hydrogen-bond donors (Lipinski definition) is 1. The van der Waals surface area contributed by atoms with Crippen LogP contribution in [0.1, 0.15) is 57.8 Å². The lowest BCUT2D eigenvalue weighted by molar-refractivity contribution is -0.662. The highest BCUT2D eigenvalue weighted by Crippen LogP contribution is 2.44. The predicted octanol–water partition coefficient (Wildman–Crippen LogP) is 1.93. The molecule has 3 rings (SSSR count). The van der Waals surface area contributed by atoms with Gasteiger partial charge in [-0.2, -0.15) is 19.6 Å². The van der Waals surface area contributed by atoms with E-state index in [1.807, 2.05) is 0 Å². The first kappa shape index (κ1) is 13.3. The molecule has 2 saturated carbocycles. The van der Waals surface area contributed by atoms with Crippen molar-refractivity contribution in [2.75, 3.05) is 0 Å². The van der Waals surface area contributed by atoms with Crippen LogP contribution in [0.3, 0.4) is 0 Å². The molecule has 0 aromatic rings. The van der Waals surface area contributed by atoms with Crippen molar-refractivity contribution in [3.8, 4) is 0 Å².